The molecule has 0 bridgehead atoms. The van der Waals surface area contributed by atoms with Crippen molar-refractivity contribution < 1.29 is 14.0 Å². The SMILES string of the molecule is CC=CC(=O)NN(C(=O)c1cccc(F)c1)C(C)(C)C. The molecular weight excluding hydrogens is 259 g/mol. The molecule has 0 aliphatic heterocycles. The van der Waals surface area contributed by atoms with Crippen molar-refractivity contribution in [3.8, 4) is 0 Å². The van der Waals surface area contributed by atoms with Crippen LogP contribution >= 0.6 is 0 Å². The van der Waals surface area contributed by atoms with Gasteiger partial charge in [-0.1, -0.05) is 12.1 Å². The number of rotatable bonds is 2. The average Bonchev–Trinajstić information content (AvgIpc) is 2.34. The molecule has 1 aromatic rings. The summed E-state index contributed by atoms with van der Waals surface area (Å²) >= 11 is 0. The molecule has 0 atom stereocenters. The summed E-state index contributed by atoms with van der Waals surface area (Å²) < 4.78 is 13.2. The minimum Gasteiger partial charge on any atom is -0.268 e. The van der Waals surface area contributed by atoms with Crippen molar-refractivity contribution in [1.29, 1.82) is 0 Å². The smallest absolute Gasteiger partial charge is 0.268 e. The predicted octanol–water partition coefficient (Wildman–Crippen LogP) is 2.67. The van der Waals surface area contributed by atoms with Gasteiger partial charge in [0.05, 0.1) is 5.54 Å². The van der Waals surface area contributed by atoms with E-state index in [4.69, 9.17) is 0 Å². The van der Waals surface area contributed by atoms with E-state index in [1.165, 1.54) is 29.3 Å². The summed E-state index contributed by atoms with van der Waals surface area (Å²) in [7, 11) is 0. The van der Waals surface area contributed by atoms with Crippen LogP contribution in [-0.2, 0) is 4.79 Å². The maximum absolute atomic E-state index is 13.2. The highest BCUT2D eigenvalue weighted by Gasteiger charge is 2.28. The summed E-state index contributed by atoms with van der Waals surface area (Å²) in [6.07, 6.45) is 2.89. The lowest BCUT2D eigenvalue weighted by Crippen LogP contribution is -2.55. The lowest BCUT2D eigenvalue weighted by molar-refractivity contribution is -0.122. The number of hydrazine groups is 1. The van der Waals surface area contributed by atoms with Gasteiger partial charge >= 0.3 is 0 Å². The minimum absolute atomic E-state index is 0.181. The number of hydrogen-bond donors (Lipinski definition) is 1. The lowest BCUT2D eigenvalue weighted by atomic mass is 10.1. The molecular formula is C15H19FN2O2. The molecule has 0 heterocycles. The molecule has 20 heavy (non-hydrogen) atoms. The van der Waals surface area contributed by atoms with Crippen LogP contribution in [0.3, 0.4) is 0 Å². The second-order valence-electron chi connectivity index (χ2n) is 5.30. The minimum atomic E-state index is -0.638. The standard InChI is InChI=1S/C15H19FN2O2/c1-5-7-13(19)17-18(15(2,3)4)14(20)11-8-6-9-12(16)10-11/h5-10H,1-4H3,(H,17,19). The third-order valence-corrected chi connectivity index (χ3v) is 2.49. The zero-order valence-electron chi connectivity index (χ0n) is 12.1. The number of carbonyl (C=O) groups excluding carboxylic acids is 2. The van der Waals surface area contributed by atoms with Crippen molar-refractivity contribution in [3.05, 3.63) is 47.8 Å². The molecule has 0 aliphatic carbocycles. The van der Waals surface area contributed by atoms with Crippen LogP contribution in [0.15, 0.2) is 36.4 Å². The number of allylic oxidation sites excluding steroid dienone is 1. The van der Waals surface area contributed by atoms with Crippen LogP contribution in [0.4, 0.5) is 4.39 Å². The van der Waals surface area contributed by atoms with E-state index in [2.05, 4.69) is 5.43 Å². The van der Waals surface area contributed by atoms with Gasteiger partial charge in [0.2, 0.25) is 0 Å². The monoisotopic (exact) mass is 278 g/mol. The molecule has 0 saturated carbocycles. The average molecular weight is 278 g/mol. The van der Waals surface area contributed by atoms with Crippen molar-refractivity contribution in [1.82, 2.24) is 10.4 Å². The van der Waals surface area contributed by atoms with Crippen molar-refractivity contribution in [2.24, 2.45) is 0 Å². The first-order valence-corrected chi connectivity index (χ1v) is 6.29. The third-order valence-electron chi connectivity index (χ3n) is 2.49. The van der Waals surface area contributed by atoms with Gasteiger partial charge in [0.1, 0.15) is 5.82 Å². The molecule has 1 aromatic carbocycles. The van der Waals surface area contributed by atoms with E-state index in [0.29, 0.717) is 0 Å². The highest BCUT2D eigenvalue weighted by atomic mass is 19.1. The number of amides is 2. The van der Waals surface area contributed by atoms with Gasteiger partial charge in [-0.2, -0.15) is 0 Å². The zero-order valence-corrected chi connectivity index (χ0v) is 12.1. The number of hydrogen-bond acceptors (Lipinski definition) is 2. The lowest BCUT2D eigenvalue weighted by Gasteiger charge is -2.35. The van der Waals surface area contributed by atoms with Crippen molar-refractivity contribution in [2.45, 2.75) is 33.2 Å². The number of benzene rings is 1. The zero-order chi connectivity index (χ0) is 15.3. The Kier molecular flexibility index (Phi) is 5.02. The van der Waals surface area contributed by atoms with Crippen LogP contribution in [0.5, 0.6) is 0 Å². The van der Waals surface area contributed by atoms with Crippen LogP contribution in [-0.4, -0.2) is 22.4 Å². The van der Waals surface area contributed by atoms with E-state index in [9.17, 15) is 14.0 Å². The second-order valence-corrected chi connectivity index (χ2v) is 5.30. The quantitative estimate of drug-likeness (QED) is 0.668. The Hall–Kier alpha value is -2.17. The largest absolute Gasteiger partial charge is 0.272 e. The van der Waals surface area contributed by atoms with E-state index in [1.807, 2.05) is 0 Å². The Morgan fingerprint density at radius 3 is 2.45 bits per heavy atom. The van der Waals surface area contributed by atoms with Crippen molar-refractivity contribution >= 4 is 11.8 Å². The van der Waals surface area contributed by atoms with Gasteiger partial charge in [-0.05, 0) is 45.9 Å². The fourth-order valence-electron chi connectivity index (χ4n) is 1.57. The topological polar surface area (TPSA) is 49.4 Å². The molecule has 1 N–H and O–H groups in total. The fourth-order valence-corrected chi connectivity index (χ4v) is 1.57. The maximum atomic E-state index is 13.2. The molecule has 0 saturated heterocycles. The predicted molar refractivity (Wildman–Crippen MR) is 75.3 cm³/mol. The number of halogens is 1. The van der Waals surface area contributed by atoms with E-state index < -0.39 is 23.2 Å². The van der Waals surface area contributed by atoms with Crippen LogP contribution in [0.1, 0.15) is 38.1 Å². The summed E-state index contributed by atoms with van der Waals surface area (Å²) in [6, 6.07) is 5.36. The van der Waals surface area contributed by atoms with Gasteiger partial charge in [0.25, 0.3) is 11.8 Å². The summed E-state index contributed by atoms with van der Waals surface area (Å²) in [5.74, 6) is -1.37. The molecule has 0 aromatic heterocycles. The fraction of sp³-hybridized carbons (Fsp3) is 0.333. The summed E-state index contributed by atoms with van der Waals surface area (Å²) in [6.45, 7) is 7.04. The number of nitrogens with zero attached hydrogens (tertiary/aromatic N) is 1. The van der Waals surface area contributed by atoms with E-state index >= 15 is 0 Å². The Labute approximate surface area is 118 Å². The van der Waals surface area contributed by atoms with Gasteiger partial charge in [0.15, 0.2) is 0 Å². The Morgan fingerprint density at radius 2 is 1.95 bits per heavy atom. The summed E-state index contributed by atoms with van der Waals surface area (Å²) in [4.78, 5) is 24.0. The third kappa shape index (κ3) is 4.19. The Balaban J connectivity index is 3.05. The number of carbonyl (C=O) groups is 2. The summed E-state index contributed by atoms with van der Waals surface area (Å²) in [5.41, 5.74) is 2.05. The van der Waals surface area contributed by atoms with E-state index in [0.717, 1.165) is 6.07 Å². The van der Waals surface area contributed by atoms with Gasteiger partial charge < -0.3 is 0 Å². The first-order valence-electron chi connectivity index (χ1n) is 6.29. The van der Waals surface area contributed by atoms with Crippen LogP contribution in [0.2, 0.25) is 0 Å². The maximum Gasteiger partial charge on any atom is 0.272 e. The highest BCUT2D eigenvalue weighted by Crippen LogP contribution is 2.15. The number of nitrogens with one attached hydrogen (secondary N) is 1. The van der Waals surface area contributed by atoms with Crippen molar-refractivity contribution in [3.63, 3.8) is 0 Å². The van der Waals surface area contributed by atoms with Gasteiger partial charge in [-0.25, -0.2) is 9.40 Å². The van der Waals surface area contributed by atoms with Crippen molar-refractivity contribution in [2.75, 3.05) is 0 Å². The van der Waals surface area contributed by atoms with Gasteiger partial charge in [0, 0.05) is 11.6 Å². The molecule has 0 fully saturated rings. The molecule has 0 unspecified atom stereocenters. The molecule has 108 valence electrons. The summed E-state index contributed by atoms with van der Waals surface area (Å²) in [5, 5.41) is 1.20. The molecule has 4 nitrogen and oxygen atoms in total. The van der Waals surface area contributed by atoms with Crippen LogP contribution in [0, 0.1) is 5.82 Å². The van der Waals surface area contributed by atoms with E-state index in [1.54, 1.807) is 33.8 Å². The van der Waals surface area contributed by atoms with Gasteiger partial charge in [-0.15, -0.1) is 0 Å². The van der Waals surface area contributed by atoms with Crippen LogP contribution in [0.25, 0.3) is 0 Å². The van der Waals surface area contributed by atoms with E-state index in [-0.39, 0.29) is 5.56 Å². The van der Waals surface area contributed by atoms with Crippen LogP contribution < -0.4 is 5.43 Å². The molecule has 5 heteroatoms. The van der Waals surface area contributed by atoms with Gasteiger partial charge in [-0.3, -0.25) is 15.0 Å². The second kappa shape index (κ2) is 6.32. The normalized spacial score (nSPS) is 11.4. The molecule has 0 spiro atoms. The molecule has 2 amide bonds. The molecule has 1 rings (SSSR count). The molecule has 0 radical (unpaired) electrons. The Morgan fingerprint density at radius 1 is 1.30 bits per heavy atom. The first kappa shape index (κ1) is 15.9. The molecule has 0 aliphatic rings. The first-order chi connectivity index (χ1) is 9.25. The highest BCUT2D eigenvalue weighted by molar-refractivity contribution is 5.97. The Bertz CT molecular complexity index is 533.